The second-order valence-corrected chi connectivity index (χ2v) is 6.35. The van der Waals surface area contributed by atoms with Crippen molar-refractivity contribution in [1.82, 2.24) is 10.2 Å². The summed E-state index contributed by atoms with van der Waals surface area (Å²) in [7, 11) is 0. The smallest absolute Gasteiger partial charge is 0.240 e. The predicted octanol–water partition coefficient (Wildman–Crippen LogP) is 1.78. The zero-order valence-corrected chi connectivity index (χ0v) is 12.8. The van der Waals surface area contributed by atoms with Gasteiger partial charge in [0.15, 0.2) is 0 Å². The van der Waals surface area contributed by atoms with Gasteiger partial charge in [-0.25, -0.2) is 0 Å². The monoisotopic (exact) mass is 282 g/mol. The van der Waals surface area contributed by atoms with Gasteiger partial charge in [-0.1, -0.05) is 32.6 Å². The summed E-state index contributed by atoms with van der Waals surface area (Å²) in [5.74, 6) is 1.48. The number of hydrogen-bond acceptors (Lipinski definition) is 3. The van der Waals surface area contributed by atoms with E-state index in [2.05, 4.69) is 12.2 Å². The van der Waals surface area contributed by atoms with Gasteiger partial charge in [-0.3, -0.25) is 4.79 Å². The molecule has 2 fully saturated rings. The summed E-state index contributed by atoms with van der Waals surface area (Å²) in [5.41, 5.74) is 0. The van der Waals surface area contributed by atoms with Crippen molar-refractivity contribution in [2.24, 2.45) is 11.8 Å². The van der Waals surface area contributed by atoms with Crippen molar-refractivity contribution < 1.29 is 9.90 Å². The van der Waals surface area contributed by atoms with Crippen molar-refractivity contribution in [2.75, 3.05) is 26.2 Å². The minimum absolute atomic E-state index is 0.0141. The fourth-order valence-corrected chi connectivity index (χ4v) is 3.84. The number of nitrogens with zero attached hydrogens (tertiary/aromatic N) is 1. The molecule has 3 unspecified atom stereocenters. The quantitative estimate of drug-likeness (QED) is 0.667. The SMILES string of the molecule is CCCCCCN(CCO)C(=O)C1NCC2CCCC21. The van der Waals surface area contributed by atoms with E-state index in [0.717, 1.165) is 19.5 Å². The van der Waals surface area contributed by atoms with E-state index in [1.54, 1.807) is 0 Å². The molecule has 116 valence electrons. The van der Waals surface area contributed by atoms with Crippen molar-refractivity contribution in [3.8, 4) is 0 Å². The second kappa shape index (κ2) is 7.99. The van der Waals surface area contributed by atoms with E-state index < -0.39 is 0 Å². The summed E-state index contributed by atoms with van der Waals surface area (Å²) in [6.07, 6.45) is 8.41. The maximum Gasteiger partial charge on any atom is 0.240 e. The highest BCUT2D eigenvalue weighted by molar-refractivity contribution is 5.82. The molecule has 0 aromatic rings. The minimum atomic E-state index is 0.0141. The van der Waals surface area contributed by atoms with E-state index >= 15 is 0 Å². The van der Waals surface area contributed by atoms with Crippen molar-refractivity contribution in [3.05, 3.63) is 0 Å². The lowest BCUT2D eigenvalue weighted by molar-refractivity contribution is -0.134. The van der Waals surface area contributed by atoms with Crippen LogP contribution in [0.15, 0.2) is 0 Å². The Hall–Kier alpha value is -0.610. The Labute approximate surface area is 122 Å². The third-order valence-electron chi connectivity index (χ3n) is 4.98. The van der Waals surface area contributed by atoms with Crippen molar-refractivity contribution >= 4 is 5.91 Å². The number of amides is 1. The summed E-state index contributed by atoms with van der Waals surface area (Å²) in [6.45, 7) is 4.55. The lowest BCUT2D eigenvalue weighted by atomic mass is 9.93. The predicted molar refractivity (Wildman–Crippen MR) is 80.4 cm³/mol. The zero-order valence-electron chi connectivity index (χ0n) is 12.8. The minimum Gasteiger partial charge on any atom is -0.395 e. The van der Waals surface area contributed by atoms with Crippen LogP contribution in [0.5, 0.6) is 0 Å². The molecule has 4 heteroatoms. The Morgan fingerprint density at radius 3 is 2.85 bits per heavy atom. The molecule has 0 aromatic carbocycles. The highest BCUT2D eigenvalue weighted by atomic mass is 16.3. The molecule has 4 nitrogen and oxygen atoms in total. The molecule has 2 N–H and O–H groups in total. The van der Waals surface area contributed by atoms with Gasteiger partial charge in [0.2, 0.25) is 5.91 Å². The average Bonchev–Trinajstić information content (AvgIpc) is 3.04. The molecule has 3 atom stereocenters. The maximum atomic E-state index is 12.7. The molecule has 1 aliphatic carbocycles. The van der Waals surface area contributed by atoms with Crippen molar-refractivity contribution in [2.45, 2.75) is 57.9 Å². The van der Waals surface area contributed by atoms with Gasteiger partial charge in [-0.05, 0) is 37.6 Å². The molecule has 1 amide bonds. The van der Waals surface area contributed by atoms with E-state index in [4.69, 9.17) is 0 Å². The Morgan fingerprint density at radius 1 is 1.25 bits per heavy atom. The van der Waals surface area contributed by atoms with Crippen LogP contribution in [0.4, 0.5) is 0 Å². The van der Waals surface area contributed by atoms with Crippen LogP contribution in [0.2, 0.25) is 0 Å². The number of unbranched alkanes of at least 4 members (excludes halogenated alkanes) is 3. The molecule has 20 heavy (non-hydrogen) atoms. The number of aliphatic hydroxyl groups is 1. The summed E-state index contributed by atoms with van der Waals surface area (Å²) in [5, 5.41) is 12.6. The third kappa shape index (κ3) is 3.73. The Balaban J connectivity index is 1.85. The average molecular weight is 282 g/mol. The van der Waals surface area contributed by atoms with Crippen LogP contribution in [0.25, 0.3) is 0 Å². The number of carbonyl (C=O) groups is 1. The maximum absolute atomic E-state index is 12.7. The molecule has 2 aliphatic rings. The Bertz CT molecular complexity index is 309. The standard InChI is InChI=1S/C16H30N2O2/c1-2-3-4-5-9-18(10-11-19)16(20)15-14-8-6-7-13(14)12-17-15/h13-15,17,19H,2-12H2,1H3. The van der Waals surface area contributed by atoms with E-state index in [1.807, 2.05) is 4.90 Å². The van der Waals surface area contributed by atoms with Crippen LogP contribution in [-0.2, 0) is 4.79 Å². The van der Waals surface area contributed by atoms with Crippen LogP contribution in [0.1, 0.15) is 51.9 Å². The Morgan fingerprint density at radius 2 is 2.10 bits per heavy atom. The first kappa shape index (κ1) is 15.8. The van der Waals surface area contributed by atoms with Crippen LogP contribution in [0.3, 0.4) is 0 Å². The van der Waals surface area contributed by atoms with E-state index in [9.17, 15) is 9.90 Å². The molecule has 0 spiro atoms. The normalized spacial score (nSPS) is 28.6. The largest absolute Gasteiger partial charge is 0.395 e. The zero-order chi connectivity index (χ0) is 14.4. The van der Waals surface area contributed by atoms with Crippen LogP contribution >= 0.6 is 0 Å². The highest BCUT2D eigenvalue weighted by Crippen LogP contribution is 2.38. The van der Waals surface area contributed by atoms with Gasteiger partial charge in [0.1, 0.15) is 0 Å². The number of fused-ring (bicyclic) bond motifs is 1. The fraction of sp³-hybridized carbons (Fsp3) is 0.938. The van der Waals surface area contributed by atoms with E-state index in [-0.39, 0.29) is 18.6 Å². The van der Waals surface area contributed by atoms with Crippen molar-refractivity contribution in [1.29, 1.82) is 0 Å². The molecule has 0 bridgehead atoms. The molecule has 1 aliphatic heterocycles. The van der Waals surface area contributed by atoms with Gasteiger partial charge >= 0.3 is 0 Å². The molecular weight excluding hydrogens is 252 g/mol. The molecule has 1 saturated heterocycles. The second-order valence-electron chi connectivity index (χ2n) is 6.35. The lowest BCUT2D eigenvalue weighted by Gasteiger charge is -2.27. The summed E-state index contributed by atoms with van der Waals surface area (Å²) >= 11 is 0. The third-order valence-corrected chi connectivity index (χ3v) is 4.98. The van der Waals surface area contributed by atoms with Gasteiger partial charge < -0.3 is 15.3 Å². The Kier molecular flexibility index (Phi) is 6.30. The van der Waals surface area contributed by atoms with Crippen molar-refractivity contribution in [3.63, 3.8) is 0 Å². The molecule has 0 aromatic heterocycles. The van der Waals surface area contributed by atoms with Gasteiger partial charge in [0, 0.05) is 13.1 Å². The number of carbonyl (C=O) groups excluding carboxylic acids is 1. The lowest BCUT2D eigenvalue weighted by Crippen LogP contribution is -2.47. The number of nitrogens with one attached hydrogen (secondary N) is 1. The highest BCUT2D eigenvalue weighted by Gasteiger charge is 2.43. The molecule has 1 saturated carbocycles. The molecular formula is C16H30N2O2. The van der Waals surface area contributed by atoms with Crippen LogP contribution in [0, 0.1) is 11.8 Å². The van der Waals surface area contributed by atoms with E-state index in [1.165, 1.54) is 38.5 Å². The summed E-state index contributed by atoms with van der Waals surface area (Å²) < 4.78 is 0. The first-order valence-corrected chi connectivity index (χ1v) is 8.41. The first-order valence-electron chi connectivity index (χ1n) is 8.41. The topological polar surface area (TPSA) is 52.6 Å². The van der Waals surface area contributed by atoms with Gasteiger partial charge in [-0.15, -0.1) is 0 Å². The fourth-order valence-electron chi connectivity index (χ4n) is 3.84. The first-order chi connectivity index (χ1) is 9.77. The van der Waals surface area contributed by atoms with Gasteiger partial charge in [0.25, 0.3) is 0 Å². The molecule has 2 rings (SSSR count). The molecule has 0 radical (unpaired) electrons. The number of rotatable bonds is 8. The van der Waals surface area contributed by atoms with Crippen LogP contribution < -0.4 is 5.32 Å². The number of hydrogen-bond donors (Lipinski definition) is 2. The summed E-state index contributed by atoms with van der Waals surface area (Å²) in [6, 6.07) is 0.0141. The van der Waals surface area contributed by atoms with Crippen LogP contribution in [-0.4, -0.2) is 48.2 Å². The van der Waals surface area contributed by atoms with E-state index in [0.29, 0.717) is 18.4 Å². The summed E-state index contributed by atoms with van der Waals surface area (Å²) in [4.78, 5) is 14.6. The molecule has 1 heterocycles. The number of aliphatic hydroxyl groups excluding tert-OH is 1. The van der Waals surface area contributed by atoms with Gasteiger partial charge in [0.05, 0.1) is 12.6 Å². The van der Waals surface area contributed by atoms with Gasteiger partial charge in [-0.2, -0.15) is 0 Å².